The van der Waals surface area contributed by atoms with Gasteiger partial charge in [-0.3, -0.25) is 0 Å². The third-order valence-electron chi connectivity index (χ3n) is 3.75. The van der Waals surface area contributed by atoms with Gasteiger partial charge in [0, 0.05) is 12.8 Å². The van der Waals surface area contributed by atoms with Crippen LogP contribution in [0.15, 0.2) is 30.6 Å². The highest BCUT2D eigenvalue weighted by Gasteiger charge is 2.20. The maximum atomic E-state index is 12.3. The number of methoxy groups -OCH3 is 1. The lowest BCUT2D eigenvalue weighted by Gasteiger charge is -2.07. The van der Waals surface area contributed by atoms with E-state index in [2.05, 4.69) is 15.3 Å². The van der Waals surface area contributed by atoms with Crippen LogP contribution in [0.1, 0.15) is 20.8 Å². The van der Waals surface area contributed by atoms with Gasteiger partial charge in [0.15, 0.2) is 0 Å². The van der Waals surface area contributed by atoms with Gasteiger partial charge in [-0.25, -0.2) is 14.8 Å². The molecule has 2 aromatic heterocycles. The summed E-state index contributed by atoms with van der Waals surface area (Å²) in [6.07, 6.45) is 1.49. The molecule has 6 nitrogen and oxygen atoms in total. The highest BCUT2D eigenvalue weighted by Crippen LogP contribution is 2.34. The van der Waals surface area contributed by atoms with Crippen molar-refractivity contribution in [1.29, 1.82) is 0 Å². The standard InChI is InChI=1S/C18H19N3O3S/c1-11-4-6-13(7-5-11)21-16-14-12(2)15(18(22)24-9-8-23-3)25-17(14)20-10-19-16/h4-7,10H,8-9H2,1-3H3,(H,19,20,21). The van der Waals surface area contributed by atoms with Gasteiger partial charge in [-0.2, -0.15) is 0 Å². The summed E-state index contributed by atoms with van der Waals surface area (Å²) >= 11 is 1.31. The number of ether oxygens (including phenoxy) is 2. The summed E-state index contributed by atoms with van der Waals surface area (Å²) in [6.45, 7) is 4.52. The zero-order valence-electron chi connectivity index (χ0n) is 14.3. The average molecular weight is 357 g/mol. The zero-order chi connectivity index (χ0) is 17.8. The number of hydrogen-bond donors (Lipinski definition) is 1. The van der Waals surface area contributed by atoms with Crippen LogP contribution in [0.4, 0.5) is 11.5 Å². The van der Waals surface area contributed by atoms with Gasteiger partial charge in [-0.05, 0) is 31.5 Å². The second-order valence-electron chi connectivity index (χ2n) is 5.58. The number of aryl methyl sites for hydroxylation is 2. The largest absolute Gasteiger partial charge is 0.459 e. The smallest absolute Gasteiger partial charge is 0.348 e. The first-order valence-corrected chi connectivity index (χ1v) is 8.65. The summed E-state index contributed by atoms with van der Waals surface area (Å²) in [5.74, 6) is 0.317. The molecule has 0 aliphatic carbocycles. The number of carbonyl (C=O) groups is 1. The lowest BCUT2D eigenvalue weighted by molar-refractivity contribution is 0.0393. The summed E-state index contributed by atoms with van der Waals surface area (Å²) < 4.78 is 10.1. The van der Waals surface area contributed by atoms with Crippen LogP contribution in [0.2, 0.25) is 0 Å². The minimum atomic E-state index is -0.362. The number of fused-ring (bicyclic) bond motifs is 1. The Morgan fingerprint density at radius 3 is 2.64 bits per heavy atom. The van der Waals surface area contributed by atoms with E-state index in [4.69, 9.17) is 9.47 Å². The number of rotatable bonds is 6. The molecule has 0 atom stereocenters. The maximum Gasteiger partial charge on any atom is 0.348 e. The average Bonchev–Trinajstić information content (AvgIpc) is 2.95. The number of benzene rings is 1. The molecule has 0 bridgehead atoms. The van der Waals surface area contributed by atoms with Crippen molar-refractivity contribution in [3.63, 3.8) is 0 Å². The van der Waals surface area contributed by atoms with Crippen LogP contribution in [-0.4, -0.2) is 36.3 Å². The van der Waals surface area contributed by atoms with Crippen molar-refractivity contribution >= 4 is 39.0 Å². The van der Waals surface area contributed by atoms with E-state index in [9.17, 15) is 4.79 Å². The molecule has 7 heteroatoms. The minimum absolute atomic E-state index is 0.225. The first-order chi connectivity index (χ1) is 12.1. The van der Waals surface area contributed by atoms with E-state index < -0.39 is 0 Å². The molecule has 130 valence electrons. The highest BCUT2D eigenvalue weighted by molar-refractivity contribution is 7.20. The molecule has 0 unspecified atom stereocenters. The van der Waals surface area contributed by atoms with Crippen LogP contribution in [0.3, 0.4) is 0 Å². The molecule has 0 saturated carbocycles. The number of thiophene rings is 1. The van der Waals surface area contributed by atoms with E-state index in [1.807, 2.05) is 38.1 Å². The molecule has 25 heavy (non-hydrogen) atoms. The van der Waals surface area contributed by atoms with Gasteiger partial charge in [0.05, 0.1) is 12.0 Å². The van der Waals surface area contributed by atoms with Gasteiger partial charge in [-0.15, -0.1) is 11.3 Å². The van der Waals surface area contributed by atoms with Crippen molar-refractivity contribution in [3.8, 4) is 0 Å². The van der Waals surface area contributed by atoms with Crippen LogP contribution in [0.5, 0.6) is 0 Å². The number of nitrogens with one attached hydrogen (secondary N) is 1. The minimum Gasteiger partial charge on any atom is -0.459 e. The number of aromatic nitrogens is 2. The molecule has 0 aliphatic heterocycles. The third-order valence-corrected chi connectivity index (χ3v) is 4.93. The topological polar surface area (TPSA) is 73.3 Å². The fourth-order valence-corrected chi connectivity index (χ4v) is 3.46. The van der Waals surface area contributed by atoms with Crippen molar-refractivity contribution in [1.82, 2.24) is 9.97 Å². The second kappa shape index (κ2) is 7.58. The van der Waals surface area contributed by atoms with E-state index in [0.29, 0.717) is 17.3 Å². The Balaban J connectivity index is 1.92. The van der Waals surface area contributed by atoms with E-state index in [0.717, 1.165) is 21.5 Å². The van der Waals surface area contributed by atoms with Gasteiger partial charge < -0.3 is 14.8 Å². The molecule has 0 spiro atoms. The summed E-state index contributed by atoms with van der Waals surface area (Å²) in [4.78, 5) is 22.2. The molecule has 0 amide bonds. The summed E-state index contributed by atoms with van der Waals surface area (Å²) in [7, 11) is 1.57. The van der Waals surface area contributed by atoms with Crippen LogP contribution >= 0.6 is 11.3 Å². The van der Waals surface area contributed by atoms with Crippen molar-refractivity contribution in [2.45, 2.75) is 13.8 Å². The SMILES string of the molecule is COCCOC(=O)c1sc2ncnc(Nc3ccc(C)cc3)c2c1C. The molecule has 3 aromatic rings. The lowest BCUT2D eigenvalue weighted by atomic mass is 10.2. The normalized spacial score (nSPS) is 10.8. The first-order valence-electron chi connectivity index (χ1n) is 7.84. The van der Waals surface area contributed by atoms with Crippen molar-refractivity contribution in [2.75, 3.05) is 25.6 Å². The molecule has 1 aromatic carbocycles. The van der Waals surface area contributed by atoms with Crippen LogP contribution < -0.4 is 5.32 Å². The van der Waals surface area contributed by atoms with Crippen LogP contribution in [0.25, 0.3) is 10.2 Å². The molecule has 3 rings (SSSR count). The van der Waals surface area contributed by atoms with Gasteiger partial charge >= 0.3 is 5.97 Å². The van der Waals surface area contributed by atoms with Gasteiger partial charge in [0.1, 0.15) is 28.5 Å². The van der Waals surface area contributed by atoms with Gasteiger partial charge in [0.25, 0.3) is 0 Å². The van der Waals surface area contributed by atoms with Crippen molar-refractivity contribution < 1.29 is 14.3 Å². The maximum absolute atomic E-state index is 12.3. The summed E-state index contributed by atoms with van der Waals surface area (Å²) in [5.41, 5.74) is 2.93. The van der Waals surface area contributed by atoms with Crippen LogP contribution in [0, 0.1) is 13.8 Å². The molecule has 2 heterocycles. The molecule has 0 aliphatic rings. The Kier molecular flexibility index (Phi) is 5.25. The Labute approximate surface area is 149 Å². The zero-order valence-corrected chi connectivity index (χ0v) is 15.1. The molecular weight excluding hydrogens is 338 g/mol. The fraction of sp³-hybridized carbons (Fsp3) is 0.278. The monoisotopic (exact) mass is 357 g/mol. The quantitative estimate of drug-likeness (QED) is 0.533. The van der Waals surface area contributed by atoms with Crippen molar-refractivity contribution in [3.05, 3.63) is 46.6 Å². The number of nitrogens with zero attached hydrogens (tertiary/aromatic N) is 2. The number of hydrogen-bond acceptors (Lipinski definition) is 7. The third kappa shape index (κ3) is 3.78. The van der Waals surface area contributed by atoms with Crippen molar-refractivity contribution in [2.24, 2.45) is 0 Å². The molecule has 0 saturated heterocycles. The molecule has 0 fully saturated rings. The summed E-state index contributed by atoms with van der Waals surface area (Å²) in [5, 5.41) is 4.14. The predicted octanol–water partition coefficient (Wildman–Crippen LogP) is 3.85. The Hall–Kier alpha value is -2.51. The first kappa shape index (κ1) is 17.3. The van der Waals surface area contributed by atoms with E-state index in [1.54, 1.807) is 7.11 Å². The number of anilines is 2. The van der Waals surface area contributed by atoms with E-state index >= 15 is 0 Å². The van der Waals surface area contributed by atoms with Gasteiger partial charge in [-0.1, -0.05) is 17.7 Å². The summed E-state index contributed by atoms with van der Waals surface area (Å²) in [6, 6.07) is 8.04. The molecule has 1 N–H and O–H groups in total. The Morgan fingerprint density at radius 1 is 1.16 bits per heavy atom. The van der Waals surface area contributed by atoms with Crippen LogP contribution in [-0.2, 0) is 9.47 Å². The highest BCUT2D eigenvalue weighted by atomic mass is 32.1. The Bertz CT molecular complexity index is 890. The predicted molar refractivity (Wildman–Crippen MR) is 98.8 cm³/mol. The number of esters is 1. The fourth-order valence-electron chi connectivity index (χ4n) is 2.42. The molecule has 0 radical (unpaired) electrons. The number of carbonyl (C=O) groups excluding carboxylic acids is 1. The Morgan fingerprint density at radius 2 is 1.92 bits per heavy atom. The lowest BCUT2D eigenvalue weighted by Crippen LogP contribution is -2.09. The second-order valence-corrected chi connectivity index (χ2v) is 6.58. The van der Waals surface area contributed by atoms with E-state index in [1.165, 1.54) is 23.2 Å². The van der Waals surface area contributed by atoms with E-state index in [-0.39, 0.29) is 12.6 Å². The van der Waals surface area contributed by atoms with Gasteiger partial charge in [0.2, 0.25) is 0 Å². The molecular formula is C18H19N3O3S.